The zero-order valence-corrected chi connectivity index (χ0v) is 10.6. The summed E-state index contributed by atoms with van der Waals surface area (Å²) in [4.78, 5) is 22.5. The van der Waals surface area contributed by atoms with Gasteiger partial charge in [0.15, 0.2) is 12.4 Å². The van der Waals surface area contributed by atoms with E-state index in [-0.39, 0.29) is 0 Å². The van der Waals surface area contributed by atoms with E-state index < -0.39 is 12.0 Å². The van der Waals surface area contributed by atoms with Gasteiger partial charge in [-0.05, 0) is 23.3 Å². The highest BCUT2D eigenvalue weighted by Gasteiger charge is 2.17. The number of primary amides is 1. The molecular formula is C15H15NO3. The van der Waals surface area contributed by atoms with Gasteiger partial charge in [-0.1, -0.05) is 37.3 Å². The molecule has 0 saturated carbocycles. The molecule has 0 aliphatic rings. The van der Waals surface area contributed by atoms with E-state index in [1.54, 1.807) is 13.0 Å². The topological polar surface area (TPSA) is 69.4 Å². The number of fused-ring (bicyclic) bond motifs is 1. The molecule has 0 spiro atoms. The van der Waals surface area contributed by atoms with Gasteiger partial charge in [0.1, 0.15) is 5.75 Å². The van der Waals surface area contributed by atoms with Crippen molar-refractivity contribution in [3.8, 4) is 5.75 Å². The molecule has 0 aliphatic carbocycles. The third-order valence-corrected chi connectivity index (χ3v) is 3.01. The first-order valence-corrected chi connectivity index (χ1v) is 6.10. The SMILES string of the molecule is CCC(Oc1ccc2ccccc2c1C=O)C(N)=O. The minimum absolute atomic E-state index is 0.388. The summed E-state index contributed by atoms with van der Waals surface area (Å²) in [6.45, 7) is 1.80. The second-order valence-corrected chi connectivity index (χ2v) is 4.23. The molecule has 0 saturated heterocycles. The lowest BCUT2D eigenvalue weighted by molar-refractivity contribution is -0.124. The number of hydrogen-bond acceptors (Lipinski definition) is 3. The standard InChI is InChI=1S/C15H15NO3/c1-2-13(15(16)18)19-14-8-7-10-5-3-4-6-11(10)12(14)9-17/h3-9,13H,2H2,1H3,(H2,16,18). The highest BCUT2D eigenvalue weighted by Crippen LogP contribution is 2.27. The molecule has 2 aromatic carbocycles. The Morgan fingerprint density at radius 2 is 2.05 bits per heavy atom. The molecule has 19 heavy (non-hydrogen) atoms. The highest BCUT2D eigenvalue weighted by molar-refractivity contribution is 6.00. The zero-order valence-electron chi connectivity index (χ0n) is 10.6. The van der Waals surface area contributed by atoms with Gasteiger partial charge in [0, 0.05) is 0 Å². The van der Waals surface area contributed by atoms with Crippen LogP contribution in [0.5, 0.6) is 5.75 Å². The van der Waals surface area contributed by atoms with Crippen molar-refractivity contribution in [3.05, 3.63) is 42.0 Å². The lowest BCUT2D eigenvalue weighted by atomic mass is 10.0. The molecule has 4 nitrogen and oxygen atoms in total. The number of carbonyl (C=O) groups excluding carboxylic acids is 2. The van der Waals surface area contributed by atoms with Gasteiger partial charge in [-0.25, -0.2) is 0 Å². The van der Waals surface area contributed by atoms with Gasteiger partial charge < -0.3 is 10.5 Å². The van der Waals surface area contributed by atoms with Crippen molar-refractivity contribution >= 4 is 23.0 Å². The van der Waals surface area contributed by atoms with Gasteiger partial charge in [-0.3, -0.25) is 9.59 Å². The fourth-order valence-corrected chi connectivity index (χ4v) is 2.00. The Bertz CT molecular complexity index is 622. The van der Waals surface area contributed by atoms with Crippen LogP contribution in [0.4, 0.5) is 0 Å². The lowest BCUT2D eigenvalue weighted by Crippen LogP contribution is -2.33. The maximum atomic E-state index is 11.3. The number of carbonyl (C=O) groups is 2. The van der Waals surface area contributed by atoms with Crippen molar-refractivity contribution in [1.29, 1.82) is 0 Å². The molecule has 98 valence electrons. The fraction of sp³-hybridized carbons (Fsp3) is 0.200. The van der Waals surface area contributed by atoms with Crippen molar-refractivity contribution in [3.63, 3.8) is 0 Å². The molecule has 1 unspecified atom stereocenters. The van der Waals surface area contributed by atoms with Crippen LogP contribution in [0.25, 0.3) is 10.8 Å². The van der Waals surface area contributed by atoms with Crippen molar-refractivity contribution < 1.29 is 14.3 Å². The first kappa shape index (κ1) is 13.1. The summed E-state index contributed by atoms with van der Waals surface area (Å²) in [6, 6.07) is 11.1. The molecule has 2 aromatic rings. The van der Waals surface area contributed by atoms with Gasteiger partial charge in [-0.15, -0.1) is 0 Å². The second-order valence-electron chi connectivity index (χ2n) is 4.23. The van der Waals surface area contributed by atoms with Crippen molar-refractivity contribution in [1.82, 2.24) is 0 Å². The van der Waals surface area contributed by atoms with Crippen molar-refractivity contribution in [2.24, 2.45) is 5.73 Å². The number of amides is 1. The van der Waals surface area contributed by atoms with Crippen LogP contribution in [-0.2, 0) is 4.79 Å². The highest BCUT2D eigenvalue weighted by atomic mass is 16.5. The average Bonchev–Trinajstić information content (AvgIpc) is 2.43. The van der Waals surface area contributed by atoms with E-state index in [1.165, 1.54) is 0 Å². The van der Waals surface area contributed by atoms with Crippen molar-refractivity contribution in [2.75, 3.05) is 0 Å². The molecule has 0 bridgehead atoms. The Hall–Kier alpha value is -2.36. The van der Waals surface area contributed by atoms with Gasteiger partial charge in [0.05, 0.1) is 5.56 Å². The van der Waals surface area contributed by atoms with Gasteiger partial charge in [0.25, 0.3) is 5.91 Å². The largest absolute Gasteiger partial charge is 0.480 e. The minimum atomic E-state index is -0.722. The Labute approximate surface area is 111 Å². The van der Waals surface area contributed by atoms with E-state index in [2.05, 4.69) is 0 Å². The van der Waals surface area contributed by atoms with Gasteiger partial charge in [0.2, 0.25) is 0 Å². The Balaban J connectivity index is 2.49. The molecular weight excluding hydrogens is 242 g/mol. The number of benzene rings is 2. The molecule has 0 heterocycles. The number of nitrogens with two attached hydrogens (primary N) is 1. The summed E-state index contributed by atoms with van der Waals surface area (Å²) in [6.07, 6.45) is 0.478. The fourth-order valence-electron chi connectivity index (χ4n) is 2.00. The average molecular weight is 257 g/mol. The maximum Gasteiger partial charge on any atom is 0.258 e. The quantitative estimate of drug-likeness (QED) is 0.835. The van der Waals surface area contributed by atoms with Crippen LogP contribution >= 0.6 is 0 Å². The van der Waals surface area contributed by atoms with E-state index in [9.17, 15) is 9.59 Å². The third kappa shape index (κ3) is 2.57. The number of hydrogen-bond donors (Lipinski definition) is 1. The molecule has 0 fully saturated rings. The molecule has 0 aliphatic heterocycles. The lowest BCUT2D eigenvalue weighted by Gasteiger charge is -2.16. The number of ether oxygens (including phenoxy) is 1. The third-order valence-electron chi connectivity index (χ3n) is 3.01. The van der Waals surface area contributed by atoms with E-state index in [0.29, 0.717) is 17.7 Å². The normalized spacial score (nSPS) is 12.1. The van der Waals surface area contributed by atoms with E-state index >= 15 is 0 Å². The van der Waals surface area contributed by atoms with Crippen LogP contribution in [0.2, 0.25) is 0 Å². The predicted octanol–water partition coefficient (Wildman–Crippen LogP) is 2.29. The Morgan fingerprint density at radius 1 is 1.32 bits per heavy atom. The van der Waals surface area contributed by atoms with Crippen molar-refractivity contribution in [2.45, 2.75) is 19.4 Å². The van der Waals surface area contributed by atoms with Crippen LogP contribution in [0.1, 0.15) is 23.7 Å². The number of aldehydes is 1. The summed E-state index contributed by atoms with van der Waals surface area (Å²) in [5.74, 6) is -0.146. The minimum Gasteiger partial charge on any atom is -0.480 e. The smallest absolute Gasteiger partial charge is 0.258 e. The Kier molecular flexibility index (Phi) is 3.80. The molecule has 0 radical (unpaired) electrons. The van der Waals surface area contributed by atoms with E-state index in [1.807, 2.05) is 30.3 Å². The first-order chi connectivity index (χ1) is 9.17. The molecule has 2 N–H and O–H groups in total. The van der Waals surface area contributed by atoms with Crippen LogP contribution < -0.4 is 10.5 Å². The summed E-state index contributed by atoms with van der Waals surface area (Å²) in [5.41, 5.74) is 5.69. The number of rotatable bonds is 5. The van der Waals surface area contributed by atoms with Crippen LogP contribution in [-0.4, -0.2) is 18.3 Å². The second kappa shape index (κ2) is 5.52. The van der Waals surface area contributed by atoms with Gasteiger partial charge in [-0.2, -0.15) is 0 Å². The molecule has 0 aromatic heterocycles. The van der Waals surface area contributed by atoms with E-state index in [0.717, 1.165) is 17.1 Å². The monoisotopic (exact) mass is 257 g/mol. The van der Waals surface area contributed by atoms with Crippen LogP contribution in [0.3, 0.4) is 0 Å². The summed E-state index contributed by atoms with van der Waals surface area (Å²) in [7, 11) is 0. The summed E-state index contributed by atoms with van der Waals surface area (Å²) >= 11 is 0. The molecule has 1 amide bonds. The van der Waals surface area contributed by atoms with Crippen LogP contribution in [0, 0.1) is 0 Å². The van der Waals surface area contributed by atoms with Gasteiger partial charge >= 0.3 is 0 Å². The molecule has 4 heteroatoms. The maximum absolute atomic E-state index is 11.3. The summed E-state index contributed by atoms with van der Waals surface area (Å²) in [5, 5.41) is 1.75. The first-order valence-electron chi connectivity index (χ1n) is 6.10. The Morgan fingerprint density at radius 3 is 2.68 bits per heavy atom. The molecule has 2 rings (SSSR count). The summed E-state index contributed by atoms with van der Waals surface area (Å²) < 4.78 is 5.55. The predicted molar refractivity (Wildman–Crippen MR) is 73.2 cm³/mol. The zero-order chi connectivity index (χ0) is 13.8. The van der Waals surface area contributed by atoms with E-state index in [4.69, 9.17) is 10.5 Å². The van der Waals surface area contributed by atoms with Crippen LogP contribution in [0.15, 0.2) is 36.4 Å². The molecule has 1 atom stereocenters.